The number of nitrogens with zero attached hydrogens (tertiary/aromatic N) is 3. The molecule has 7 heteroatoms. The minimum Gasteiger partial charge on any atom is -0.486 e. The first-order valence-electron chi connectivity index (χ1n) is 8.78. The minimum atomic E-state index is 0.0574. The Labute approximate surface area is 162 Å². The lowest BCUT2D eigenvalue weighted by molar-refractivity contribution is -0.127. The van der Waals surface area contributed by atoms with Crippen LogP contribution >= 0.6 is 11.8 Å². The van der Waals surface area contributed by atoms with Gasteiger partial charge < -0.3 is 18.9 Å². The van der Waals surface area contributed by atoms with Crippen LogP contribution in [0, 0.1) is 0 Å². The molecule has 0 N–H and O–H groups in total. The van der Waals surface area contributed by atoms with Crippen LogP contribution in [0.5, 0.6) is 11.5 Å². The van der Waals surface area contributed by atoms with Crippen LogP contribution in [-0.4, -0.2) is 46.4 Å². The average Bonchev–Trinajstić information content (AvgIpc) is 3.02. The van der Waals surface area contributed by atoms with Crippen LogP contribution in [0.1, 0.15) is 5.56 Å². The Balaban J connectivity index is 1.38. The highest BCUT2D eigenvalue weighted by molar-refractivity contribution is 7.99. The third-order valence-electron chi connectivity index (χ3n) is 4.52. The molecule has 0 fully saturated rings. The molecule has 0 radical (unpaired) electrons. The van der Waals surface area contributed by atoms with Gasteiger partial charge >= 0.3 is 0 Å². The van der Waals surface area contributed by atoms with Crippen molar-refractivity contribution >= 4 is 28.7 Å². The summed E-state index contributed by atoms with van der Waals surface area (Å²) in [6.07, 6.45) is 0. The number of hydrogen-bond acceptors (Lipinski definition) is 5. The molecule has 1 aliphatic heterocycles. The van der Waals surface area contributed by atoms with E-state index in [1.807, 2.05) is 61.1 Å². The normalized spacial score (nSPS) is 13.0. The smallest absolute Gasteiger partial charge is 0.233 e. The molecule has 2 aromatic carbocycles. The maximum absolute atomic E-state index is 12.5. The van der Waals surface area contributed by atoms with Crippen molar-refractivity contribution in [1.29, 1.82) is 0 Å². The summed E-state index contributed by atoms with van der Waals surface area (Å²) in [5.74, 6) is 1.91. The summed E-state index contributed by atoms with van der Waals surface area (Å²) in [4.78, 5) is 18.9. The predicted octanol–water partition coefficient (Wildman–Crippen LogP) is 3.10. The van der Waals surface area contributed by atoms with Crippen molar-refractivity contribution in [3.05, 3.63) is 48.0 Å². The van der Waals surface area contributed by atoms with Gasteiger partial charge in [0.1, 0.15) is 13.2 Å². The number of carbonyl (C=O) groups excluding carboxylic acids is 1. The number of rotatable bonds is 5. The Morgan fingerprint density at radius 1 is 1.19 bits per heavy atom. The Hall–Kier alpha value is -2.67. The third-order valence-corrected chi connectivity index (χ3v) is 5.54. The molecular weight excluding hydrogens is 362 g/mol. The zero-order chi connectivity index (χ0) is 18.8. The van der Waals surface area contributed by atoms with Crippen LogP contribution < -0.4 is 9.47 Å². The standard InChI is InChI=1S/C20H21N3O3S/c1-22(12-14-7-8-17-18(11-14)26-10-9-25-17)19(24)13-27-20-21-15-5-3-4-6-16(15)23(20)2/h3-8,11H,9-10,12-13H2,1-2H3. The number of fused-ring (bicyclic) bond motifs is 2. The van der Waals surface area contributed by atoms with Gasteiger partial charge in [0.15, 0.2) is 16.7 Å². The lowest BCUT2D eigenvalue weighted by Crippen LogP contribution is -2.28. The van der Waals surface area contributed by atoms with Crippen molar-refractivity contribution in [2.45, 2.75) is 11.7 Å². The van der Waals surface area contributed by atoms with Gasteiger partial charge in [0, 0.05) is 20.6 Å². The molecule has 0 spiro atoms. The van der Waals surface area contributed by atoms with E-state index in [0.29, 0.717) is 25.5 Å². The zero-order valence-corrected chi connectivity index (χ0v) is 16.2. The first kappa shape index (κ1) is 17.7. The van der Waals surface area contributed by atoms with E-state index in [1.54, 1.807) is 4.90 Å². The lowest BCUT2D eigenvalue weighted by atomic mass is 10.2. The minimum absolute atomic E-state index is 0.0574. The summed E-state index contributed by atoms with van der Waals surface area (Å²) < 4.78 is 13.2. The topological polar surface area (TPSA) is 56.6 Å². The number of benzene rings is 2. The summed E-state index contributed by atoms with van der Waals surface area (Å²) in [7, 11) is 3.79. The summed E-state index contributed by atoms with van der Waals surface area (Å²) in [5, 5.41) is 0.845. The van der Waals surface area contributed by atoms with Gasteiger partial charge in [0.2, 0.25) is 5.91 Å². The number of amides is 1. The van der Waals surface area contributed by atoms with Crippen LogP contribution in [0.4, 0.5) is 0 Å². The fraction of sp³-hybridized carbons (Fsp3) is 0.300. The predicted molar refractivity (Wildman–Crippen MR) is 105 cm³/mol. The Kier molecular flexibility index (Phi) is 4.94. The van der Waals surface area contributed by atoms with Crippen LogP contribution in [0.3, 0.4) is 0 Å². The maximum Gasteiger partial charge on any atom is 0.233 e. The van der Waals surface area contributed by atoms with E-state index >= 15 is 0 Å². The number of para-hydroxylation sites is 2. The highest BCUT2D eigenvalue weighted by atomic mass is 32.2. The number of hydrogen-bond donors (Lipinski definition) is 0. The van der Waals surface area contributed by atoms with Crippen LogP contribution in [0.25, 0.3) is 11.0 Å². The van der Waals surface area contributed by atoms with Crippen LogP contribution in [-0.2, 0) is 18.4 Å². The summed E-state index contributed by atoms with van der Waals surface area (Å²) in [6, 6.07) is 13.8. The molecule has 0 atom stereocenters. The first-order valence-corrected chi connectivity index (χ1v) is 9.77. The molecule has 1 aromatic heterocycles. The third kappa shape index (κ3) is 3.73. The molecule has 4 rings (SSSR count). The van der Waals surface area contributed by atoms with Gasteiger partial charge in [-0.15, -0.1) is 0 Å². The molecule has 0 bridgehead atoms. The van der Waals surface area contributed by atoms with E-state index in [2.05, 4.69) is 4.98 Å². The fourth-order valence-electron chi connectivity index (χ4n) is 3.04. The summed E-state index contributed by atoms with van der Waals surface area (Å²) in [5.41, 5.74) is 3.03. The van der Waals surface area contributed by atoms with E-state index in [0.717, 1.165) is 33.3 Å². The number of aromatic nitrogens is 2. The second kappa shape index (κ2) is 7.52. The van der Waals surface area contributed by atoms with Gasteiger partial charge in [0.25, 0.3) is 0 Å². The number of thioether (sulfide) groups is 1. The summed E-state index contributed by atoms with van der Waals surface area (Å²) in [6.45, 7) is 1.66. The van der Waals surface area contributed by atoms with Gasteiger partial charge in [-0.25, -0.2) is 4.98 Å². The Bertz CT molecular complexity index is 986. The van der Waals surface area contributed by atoms with Crippen LogP contribution in [0.15, 0.2) is 47.6 Å². The zero-order valence-electron chi connectivity index (χ0n) is 15.3. The van der Waals surface area contributed by atoms with Gasteiger partial charge in [-0.3, -0.25) is 4.79 Å². The van der Waals surface area contributed by atoms with E-state index in [-0.39, 0.29) is 5.91 Å². The largest absolute Gasteiger partial charge is 0.486 e. The molecule has 140 valence electrons. The second-order valence-corrected chi connectivity index (χ2v) is 7.40. The second-order valence-electron chi connectivity index (χ2n) is 6.46. The monoisotopic (exact) mass is 383 g/mol. The van der Waals surface area contributed by atoms with Crippen molar-refractivity contribution in [1.82, 2.24) is 14.5 Å². The maximum atomic E-state index is 12.5. The highest BCUT2D eigenvalue weighted by Crippen LogP contribution is 2.31. The molecule has 0 aliphatic carbocycles. The van der Waals surface area contributed by atoms with Gasteiger partial charge in [-0.05, 0) is 29.8 Å². The van der Waals surface area contributed by atoms with E-state index in [9.17, 15) is 4.79 Å². The fourth-order valence-corrected chi connectivity index (χ4v) is 3.97. The van der Waals surface area contributed by atoms with E-state index < -0.39 is 0 Å². The van der Waals surface area contributed by atoms with Crippen molar-refractivity contribution in [3.63, 3.8) is 0 Å². The number of imidazole rings is 1. The quantitative estimate of drug-likeness (QED) is 0.634. The number of ether oxygens (including phenoxy) is 2. The molecule has 0 saturated heterocycles. The molecule has 1 aliphatic rings. The van der Waals surface area contributed by atoms with Crippen molar-refractivity contribution in [3.8, 4) is 11.5 Å². The van der Waals surface area contributed by atoms with Gasteiger partial charge in [-0.2, -0.15) is 0 Å². The molecular formula is C20H21N3O3S. The summed E-state index contributed by atoms with van der Waals surface area (Å²) >= 11 is 1.46. The average molecular weight is 383 g/mol. The van der Waals surface area contributed by atoms with Gasteiger partial charge in [-0.1, -0.05) is 30.0 Å². The molecule has 1 amide bonds. The Morgan fingerprint density at radius 2 is 1.96 bits per heavy atom. The number of aryl methyl sites for hydroxylation is 1. The lowest BCUT2D eigenvalue weighted by Gasteiger charge is -2.21. The SMILES string of the molecule is CN(Cc1ccc2c(c1)OCCO2)C(=O)CSc1nc2ccccc2n1C. The molecule has 27 heavy (non-hydrogen) atoms. The molecule has 6 nitrogen and oxygen atoms in total. The molecule has 0 unspecified atom stereocenters. The van der Waals surface area contributed by atoms with Crippen molar-refractivity contribution in [2.24, 2.45) is 7.05 Å². The van der Waals surface area contributed by atoms with Gasteiger partial charge in [0.05, 0.1) is 16.8 Å². The molecule has 3 aromatic rings. The van der Waals surface area contributed by atoms with Crippen LogP contribution in [0.2, 0.25) is 0 Å². The highest BCUT2D eigenvalue weighted by Gasteiger charge is 2.16. The Morgan fingerprint density at radius 3 is 2.78 bits per heavy atom. The van der Waals surface area contributed by atoms with Crippen molar-refractivity contribution in [2.75, 3.05) is 26.0 Å². The van der Waals surface area contributed by atoms with Crippen molar-refractivity contribution < 1.29 is 14.3 Å². The molecule has 0 saturated carbocycles. The molecule has 2 heterocycles. The number of carbonyl (C=O) groups is 1. The first-order chi connectivity index (χ1) is 13.1. The van der Waals surface area contributed by atoms with E-state index in [1.165, 1.54) is 11.8 Å². The van der Waals surface area contributed by atoms with E-state index in [4.69, 9.17) is 9.47 Å².